The number of methoxy groups -OCH3 is 1. The molecule has 0 radical (unpaired) electrons. The van der Waals surface area contributed by atoms with E-state index < -0.39 is 6.10 Å². The largest absolute Gasteiger partial charge is 0.496 e. The second-order valence-electron chi connectivity index (χ2n) is 4.02. The van der Waals surface area contributed by atoms with Gasteiger partial charge in [0, 0.05) is 17.5 Å². The fourth-order valence-corrected chi connectivity index (χ4v) is 3.04. The number of ether oxygens (including phenoxy) is 1. The number of aromatic nitrogens is 1. The van der Waals surface area contributed by atoms with Crippen LogP contribution in [0.3, 0.4) is 0 Å². The maximum Gasteiger partial charge on any atom is 0.133 e. The lowest BCUT2D eigenvalue weighted by Crippen LogP contribution is -2.01. The molecule has 1 unspecified atom stereocenters. The highest BCUT2D eigenvalue weighted by Crippen LogP contribution is 2.28. The van der Waals surface area contributed by atoms with E-state index in [0.717, 1.165) is 26.5 Å². The van der Waals surface area contributed by atoms with Crippen molar-refractivity contribution in [1.82, 2.24) is 4.98 Å². The molecular weight excluding hydrogens is 314 g/mol. The first-order valence-electron chi connectivity index (χ1n) is 5.52. The zero-order chi connectivity index (χ0) is 13.1. The summed E-state index contributed by atoms with van der Waals surface area (Å²) in [5.74, 6) is 0.790. The predicted octanol–water partition coefficient (Wildman–Crippen LogP) is 3.50. The Hall–Kier alpha value is -0.910. The molecule has 1 aromatic heterocycles. The standard InChI is InChI=1S/C13H14BrNO2S/c1-8-7-18-13(15-8)11(16)6-9-3-4-12(17-2)10(14)5-9/h3-5,7,11,16H,6H2,1-2H3. The van der Waals surface area contributed by atoms with Crippen LogP contribution in [0.4, 0.5) is 0 Å². The van der Waals surface area contributed by atoms with Gasteiger partial charge < -0.3 is 9.84 Å². The predicted molar refractivity (Wildman–Crippen MR) is 76.2 cm³/mol. The van der Waals surface area contributed by atoms with Crippen LogP contribution in [0.5, 0.6) is 5.75 Å². The topological polar surface area (TPSA) is 42.4 Å². The number of aliphatic hydroxyl groups excluding tert-OH is 1. The maximum absolute atomic E-state index is 10.1. The van der Waals surface area contributed by atoms with E-state index in [-0.39, 0.29) is 0 Å². The summed E-state index contributed by atoms with van der Waals surface area (Å²) in [4.78, 5) is 4.30. The zero-order valence-corrected chi connectivity index (χ0v) is 12.6. The van der Waals surface area contributed by atoms with Gasteiger partial charge in [0.1, 0.15) is 16.9 Å². The number of halogens is 1. The highest BCUT2D eigenvalue weighted by atomic mass is 79.9. The minimum atomic E-state index is -0.552. The lowest BCUT2D eigenvalue weighted by atomic mass is 10.1. The van der Waals surface area contributed by atoms with Crippen molar-refractivity contribution in [2.75, 3.05) is 7.11 Å². The molecule has 0 aliphatic heterocycles. The molecule has 1 atom stereocenters. The summed E-state index contributed by atoms with van der Waals surface area (Å²) in [6.07, 6.45) is -0.000718. The van der Waals surface area contributed by atoms with E-state index in [1.807, 2.05) is 30.5 Å². The molecule has 0 bridgehead atoms. The van der Waals surface area contributed by atoms with Crippen molar-refractivity contribution in [1.29, 1.82) is 0 Å². The van der Waals surface area contributed by atoms with E-state index >= 15 is 0 Å². The Morgan fingerprint density at radius 1 is 1.50 bits per heavy atom. The third kappa shape index (κ3) is 3.10. The van der Waals surface area contributed by atoms with E-state index in [9.17, 15) is 5.11 Å². The Morgan fingerprint density at radius 3 is 2.83 bits per heavy atom. The molecule has 18 heavy (non-hydrogen) atoms. The average Bonchev–Trinajstić information content (AvgIpc) is 2.76. The van der Waals surface area contributed by atoms with E-state index in [0.29, 0.717) is 6.42 Å². The normalized spacial score (nSPS) is 12.4. The molecule has 96 valence electrons. The van der Waals surface area contributed by atoms with Crippen molar-refractivity contribution in [2.24, 2.45) is 0 Å². The first-order valence-corrected chi connectivity index (χ1v) is 7.20. The van der Waals surface area contributed by atoms with Crippen molar-refractivity contribution in [3.63, 3.8) is 0 Å². The Morgan fingerprint density at radius 2 is 2.28 bits per heavy atom. The first-order chi connectivity index (χ1) is 8.60. The fourth-order valence-electron chi connectivity index (χ4n) is 1.67. The van der Waals surface area contributed by atoms with Crippen molar-refractivity contribution >= 4 is 27.3 Å². The van der Waals surface area contributed by atoms with Crippen LogP contribution in [0.15, 0.2) is 28.1 Å². The van der Waals surface area contributed by atoms with Gasteiger partial charge in [0.25, 0.3) is 0 Å². The fraction of sp³-hybridized carbons (Fsp3) is 0.308. The number of aryl methyl sites for hydroxylation is 1. The van der Waals surface area contributed by atoms with Gasteiger partial charge in [-0.3, -0.25) is 0 Å². The van der Waals surface area contributed by atoms with Gasteiger partial charge in [-0.1, -0.05) is 6.07 Å². The second-order valence-corrected chi connectivity index (χ2v) is 5.76. The van der Waals surface area contributed by atoms with Crippen molar-refractivity contribution in [3.05, 3.63) is 44.3 Å². The van der Waals surface area contributed by atoms with Crippen molar-refractivity contribution in [3.8, 4) is 5.75 Å². The molecule has 1 N–H and O–H groups in total. The molecule has 5 heteroatoms. The van der Waals surface area contributed by atoms with Crippen LogP contribution in [0.2, 0.25) is 0 Å². The molecule has 1 heterocycles. The van der Waals surface area contributed by atoms with Gasteiger partial charge in [-0.2, -0.15) is 0 Å². The molecule has 1 aromatic carbocycles. The van der Waals surface area contributed by atoms with Crippen LogP contribution < -0.4 is 4.74 Å². The quantitative estimate of drug-likeness (QED) is 0.934. The van der Waals surface area contributed by atoms with Crippen LogP contribution in [-0.4, -0.2) is 17.2 Å². The van der Waals surface area contributed by atoms with Gasteiger partial charge in [0.2, 0.25) is 0 Å². The third-order valence-corrected chi connectivity index (χ3v) is 4.25. The number of thiazole rings is 1. The minimum absolute atomic E-state index is 0.551. The van der Waals surface area contributed by atoms with Crippen molar-refractivity contribution in [2.45, 2.75) is 19.4 Å². The van der Waals surface area contributed by atoms with Crippen LogP contribution in [-0.2, 0) is 6.42 Å². The molecule has 0 aliphatic rings. The number of benzene rings is 1. The maximum atomic E-state index is 10.1. The zero-order valence-electron chi connectivity index (χ0n) is 10.2. The summed E-state index contributed by atoms with van der Waals surface area (Å²) >= 11 is 4.93. The molecule has 0 amide bonds. The molecule has 2 aromatic rings. The lowest BCUT2D eigenvalue weighted by molar-refractivity contribution is 0.178. The minimum Gasteiger partial charge on any atom is -0.496 e. The van der Waals surface area contributed by atoms with Gasteiger partial charge in [0.05, 0.1) is 11.6 Å². The van der Waals surface area contributed by atoms with Gasteiger partial charge in [-0.25, -0.2) is 4.98 Å². The summed E-state index contributed by atoms with van der Waals surface area (Å²) in [5.41, 5.74) is 1.99. The van der Waals surface area contributed by atoms with Gasteiger partial charge in [0.15, 0.2) is 0 Å². The van der Waals surface area contributed by atoms with E-state index in [2.05, 4.69) is 20.9 Å². The Kier molecular flexibility index (Phi) is 4.37. The first kappa shape index (κ1) is 13.5. The molecule has 2 rings (SSSR count). The number of nitrogens with zero attached hydrogens (tertiary/aromatic N) is 1. The van der Waals surface area contributed by atoms with Crippen LogP contribution in [0, 0.1) is 6.92 Å². The van der Waals surface area contributed by atoms with Crippen LogP contribution >= 0.6 is 27.3 Å². The Balaban J connectivity index is 2.12. The van der Waals surface area contributed by atoms with Gasteiger partial charge >= 0.3 is 0 Å². The molecule has 0 spiro atoms. The number of hydrogen-bond donors (Lipinski definition) is 1. The Bertz CT molecular complexity index is 542. The molecule has 0 aliphatic carbocycles. The summed E-state index contributed by atoms with van der Waals surface area (Å²) in [5, 5.41) is 12.8. The van der Waals surface area contributed by atoms with E-state index in [4.69, 9.17) is 4.74 Å². The van der Waals surface area contributed by atoms with Gasteiger partial charge in [-0.15, -0.1) is 11.3 Å². The molecule has 0 fully saturated rings. The highest BCUT2D eigenvalue weighted by molar-refractivity contribution is 9.10. The number of hydrogen-bond acceptors (Lipinski definition) is 4. The SMILES string of the molecule is COc1ccc(CC(O)c2nc(C)cs2)cc1Br. The summed E-state index contributed by atoms with van der Waals surface area (Å²) in [7, 11) is 1.63. The van der Waals surface area contributed by atoms with Crippen LogP contribution in [0.25, 0.3) is 0 Å². The van der Waals surface area contributed by atoms with E-state index in [1.54, 1.807) is 7.11 Å². The monoisotopic (exact) mass is 327 g/mol. The van der Waals surface area contributed by atoms with Crippen molar-refractivity contribution < 1.29 is 9.84 Å². The Labute approximate surface area is 119 Å². The number of rotatable bonds is 4. The second kappa shape index (κ2) is 5.82. The smallest absolute Gasteiger partial charge is 0.133 e. The summed E-state index contributed by atoms with van der Waals surface area (Å²) in [6, 6.07) is 5.80. The molecule has 3 nitrogen and oxygen atoms in total. The summed E-state index contributed by atoms with van der Waals surface area (Å²) in [6.45, 7) is 1.93. The molecule has 0 saturated carbocycles. The lowest BCUT2D eigenvalue weighted by Gasteiger charge is -2.09. The number of aliphatic hydroxyl groups is 1. The van der Waals surface area contributed by atoms with Gasteiger partial charge in [-0.05, 0) is 40.5 Å². The third-order valence-electron chi connectivity index (χ3n) is 2.57. The van der Waals surface area contributed by atoms with E-state index in [1.165, 1.54) is 11.3 Å². The molecule has 0 saturated heterocycles. The average molecular weight is 328 g/mol. The highest BCUT2D eigenvalue weighted by Gasteiger charge is 2.13. The summed E-state index contributed by atoms with van der Waals surface area (Å²) < 4.78 is 6.07. The molecular formula is C13H14BrNO2S. The van der Waals surface area contributed by atoms with Crippen LogP contribution in [0.1, 0.15) is 22.4 Å².